The van der Waals surface area contributed by atoms with E-state index in [2.05, 4.69) is 10.2 Å². The SMILES string of the molecule is CC(=O)NC[C@@H](C)OC(=O)c1ccc(N2CCCCC2)cc1. The first kappa shape index (κ1) is 16.3. The van der Waals surface area contributed by atoms with E-state index in [0.717, 1.165) is 18.8 Å². The molecule has 2 rings (SSSR count). The van der Waals surface area contributed by atoms with Crippen molar-refractivity contribution < 1.29 is 14.3 Å². The molecular weight excluding hydrogens is 280 g/mol. The number of nitrogens with zero attached hydrogens (tertiary/aromatic N) is 1. The van der Waals surface area contributed by atoms with Gasteiger partial charge in [0, 0.05) is 25.7 Å². The number of nitrogens with one attached hydrogen (secondary N) is 1. The third-order valence-corrected chi connectivity index (χ3v) is 3.77. The molecule has 0 radical (unpaired) electrons. The predicted octanol–water partition coefficient (Wildman–Crippen LogP) is 2.36. The molecule has 5 heteroatoms. The maximum absolute atomic E-state index is 12.0. The van der Waals surface area contributed by atoms with Crippen LogP contribution in [-0.4, -0.2) is 37.6 Å². The fourth-order valence-electron chi connectivity index (χ4n) is 2.54. The molecule has 1 aliphatic rings. The smallest absolute Gasteiger partial charge is 0.338 e. The Kier molecular flexibility index (Phi) is 5.81. The summed E-state index contributed by atoms with van der Waals surface area (Å²) >= 11 is 0. The zero-order valence-electron chi connectivity index (χ0n) is 13.3. The normalized spacial score (nSPS) is 16.0. The standard InChI is InChI=1S/C17H24N2O3/c1-13(12-18-14(2)20)22-17(21)15-6-8-16(9-7-15)19-10-4-3-5-11-19/h6-9,13H,3-5,10-12H2,1-2H3,(H,18,20)/t13-/m1/s1. The number of carbonyl (C=O) groups excluding carboxylic acids is 2. The number of benzene rings is 1. The highest BCUT2D eigenvalue weighted by atomic mass is 16.5. The van der Waals surface area contributed by atoms with Crippen LogP contribution in [0.15, 0.2) is 24.3 Å². The maximum atomic E-state index is 12.0. The molecule has 0 unspecified atom stereocenters. The van der Waals surface area contributed by atoms with E-state index in [1.165, 1.54) is 26.2 Å². The lowest BCUT2D eigenvalue weighted by Gasteiger charge is -2.28. The van der Waals surface area contributed by atoms with E-state index in [9.17, 15) is 9.59 Å². The van der Waals surface area contributed by atoms with E-state index in [1.54, 1.807) is 19.1 Å². The van der Waals surface area contributed by atoms with Gasteiger partial charge in [-0.2, -0.15) is 0 Å². The van der Waals surface area contributed by atoms with E-state index >= 15 is 0 Å². The first-order valence-electron chi connectivity index (χ1n) is 7.86. The van der Waals surface area contributed by atoms with Crippen molar-refractivity contribution in [1.29, 1.82) is 0 Å². The Morgan fingerprint density at radius 3 is 2.41 bits per heavy atom. The average Bonchev–Trinajstić information content (AvgIpc) is 2.54. The molecule has 1 aromatic rings. The van der Waals surface area contributed by atoms with Crippen molar-refractivity contribution in [2.24, 2.45) is 0 Å². The van der Waals surface area contributed by atoms with Crippen LogP contribution in [0, 0.1) is 0 Å². The van der Waals surface area contributed by atoms with Gasteiger partial charge in [0.1, 0.15) is 6.10 Å². The third-order valence-electron chi connectivity index (χ3n) is 3.77. The van der Waals surface area contributed by atoms with E-state index in [-0.39, 0.29) is 18.0 Å². The number of hydrogen-bond donors (Lipinski definition) is 1. The van der Waals surface area contributed by atoms with Gasteiger partial charge in [-0.15, -0.1) is 0 Å². The van der Waals surface area contributed by atoms with Crippen LogP contribution in [0.1, 0.15) is 43.5 Å². The lowest BCUT2D eigenvalue weighted by atomic mass is 10.1. The molecule has 0 saturated carbocycles. The highest BCUT2D eigenvalue weighted by Crippen LogP contribution is 2.20. The monoisotopic (exact) mass is 304 g/mol. The van der Waals surface area contributed by atoms with Crippen LogP contribution >= 0.6 is 0 Å². The summed E-state index contributed by atoms with van der Waals surface area (Å²) in [6.07, 6.45) is 3.40. The summed E-state index contributed by atoms with van der Waals surface area (Å²) in [5.74, 6) is -0.489. The third kappa shape index (κ3) is 4.76. The molecule has 1 saturated heterocycles. The fraction of sp³-hybridized carbons (Fsp3) is 0.529. The van der Waals surface area contributed by atoms with Crippen molar-refractivity contribution in [2.45, 2.75) is 39.2 Å². The zero-order valence-corrected chi connectivity index (χ0v) is 13.3. The summed E-state index contributed by atoms with van der Waals surface area (Å²) < 4.78 is 5.30. The number of esters is 1. The zero-order chi connectivity index (χ0) is 15.9. The summed E-state index contributed by atoms with van der Waals surface area (Å²) in [4.78, 5) is 25.2. The molecule has 1 amide bonds. The molecule has 1 heterocycles. The number of piperidine rings is 1. The van der Waals surface area contributed by atoms with Gasteiger partial charge in [0.05, 0.1) is 12.1 Å². The second kappa shape index (κ2) is 7.82. The summed E-state index contributed by atoms with van der Waals surface area (Å²) in [6.45, 7) is 5.69. The van der Waals surface area contributed by atoms with Gasteiger partial charge >= 0.3 is 5.97 Å². The van der Waals surface area contributed by atoms with Crippen molar-refractivity contribution in [3.63, 3.8) is 0 Å². The summed E-state index contributed by atoms with van der Waals surface area (Å²) in [7, 11) is 0. The molecule has 1 N–H and O–H groups in total. The molecule has 0 aliphatic carbocycles. The van der Waals surface area contributed by atoms with Crippen LogP contribution in [0.25, 0.3) is 0 Å². The molecule has 22 heavy (non-hydrogen) atoms. The van der Waals surface area contributed by atoms with Crippen molar-refractivity contribution in [3.05, 3.63) is 29.8 Å². The fourth-order valence-corrected chi connectivity index (χ4v) is 2.54. The molecule has 0 aromatic heterocycles. The number of amides is 1. The summed E-state index contributed by atoms with van der Waals surface area (Å²) in [5.41, 5.74) is 1.69. The molecule has 0 bridgehead atoms. The second-order valence-electron chi connectivity index (χ2n) is 5.75. The molecule has 120 valence electrons. The van der Waals surface area contributed by atoms with Gasteiger partial charge in [0.15, 0.2) is 0 Å². The van der Waals surface area contributed by atoms with Gasteiger partial charge in [0.25, 0.3) is 0 Å². The van der Waals surface area contributed by atoms with Crippen LogP contribution in [0.3, 0.4) is 0 Å². The molecular formula is C17H24N2O3. The van der Waals surface area contributed by atoms with Crippen LogP contribution in [0.2, 0.25) is 0 Å². The topological polar surface area (TPSA) is 58.6 Å². The minimum absolute atomic E-state index is 0.131. The largest absolute Gasteiger partial charge is 0.457 e. The molecule has 1 aromatic carbocycles. The number of rotatable bonds is 5. The summed E-state index contributed by atoms with van der Waals surface area (Å²) in [6, 6.07) is 7.55. The second-order valence-corrected chi connectivity index (χ2v) is 5.75. The van der Waals surface area contributed by atoms with Gasteiger partial charge in [-0.05, 0) is 50.5 Å². The Labute approximate surface area is 131 Å². The number of carbonyl (C=O) groups is 2. The Morgan fingerprint density at radius 2 is 1.82 bits per heavy atom. The Hall–Kier alpha value is -2.04. The van der Waals surface area contributed by atoms with E-state index < -0.39 is 0 Å². The minimum Gasteiger partial charge on any atom is -0.457 e. The van der Waals surface area contributed by atoms with Crippen LogP contribution < -0.4 is 10.2 Å². The maximum Gasteiger partial charge on any atom is 0.338 e. The van der Waals surface area contributed by atoms with Crippen LogP contribution in [0.5, 0.6) is 0 Å². The van der Waals surface area contributed by atoms with Gasteiger partial charge in [-0.25, -0.2) is 4.79 Å². The number of anilines is 1. The number of hydrogen-bond acceptors (Lipinski definition) is 4. The van der Waals surface area contributed by atoms with Crippen LogP contribution in [-0.2, 0) is 9.53 Å². The first-order chi connectivity index (χ1) is 10.6. The molecule has 1 atom stereocenters. The predicted molar refractivity (Wildman–Crippen MR) is 86.1 cm³/mol. The van der Waals surface area contributed by atoms with Crippen molar-refractivity contribution in [1.82, 2.24) is 5.32 Å². The first-order valence-corrected chi connectivity index (χ1v) is 7.86. The molecule has 0 spiro atoms. The lowest BCUT2D eigenvalue weighted by molar-refractivity contribution is -0.119. The van der Waals surface area contributed by atoms with Gasteiger partial charge in [-0.3, -0.25) is 4.79 Å². The van der Waals surface area contributed by atoms with Crippen molar-refractivity contribution in [3.8, 4) is 0 Å². The van der Waals surface area contributed by atoms with E-state index in [1.807, 2.05) is 12.1 Å². The van der Waals surface area contributed by atoms with Gasteiger partial charge in [-0.1, -0.05) is 0 Å². The van der Waals surface area contributed by atoms with Crippen molar-refractivity contribution in [2.75, 3.05) is 24.5 Å². The van der Waals surface area contributed by atoms with Gasteiger partial charge < -0.3 is 15.0 Å². The van der Waals surface area contributed by atoms with E-state index in [4.69, 9.17) is 4.74 Å². The molecule has 1 fully saturated rings. The Morgan fingerprint density at radius 1 is 1.18 bits per heavy atom. The highest BCUT2D eigenvalue weighted by Gasteiger charge is 2.14. The molecule has 5 nitrogen and oxygen atoms in total. The quantitative estimate of drug-likeness (QED) is 0.848. The van der Waals surface area contributed by atoms with Crippen LogP contribution in [0.4, 0.5) is 5.69 Å². The van der Waals surface area contributed by atoms with E-state index in [0.29, 0.717) is 12.1 Å². The Balaban J connectivity index is 1.89. The molecule has 1 aliphatic heterocycles. The lowest BCUT2D eigenvalue weighted by Crippen LogP contribution is -2.31. The van der Waals surface area contributed by atoms with Gasteiger partial charge in [0.2, 0.25) is 5.91 Å². The highest BCUT2D eigenvalue weighted by molar-refractivity contribution is 5.90. The minimum atomic E-state index is -0.358. The Bertz CT molecular complexity index is 507. The van der Waals surface area contributed by atoms with Crippen molar-refractivity contribution >= 4 is 17.6 Å². The summed E-state index contributed by atoms with van der Waals surface area (Å²) in [5, 5.41) is 2.63. The average molecular weight is 304 g/mol. The number of ether oxygens (including phenoxy) is 1.